The second-order valence-electron chi connectivity index (χ2n) is 4.08. The van der Waals surface area contributed by atoms with Crippen molar-refractivity contribution in [1.82, 2.24) is 0 Å². The van der Waals surface area contributed by atoms with Crippen LogP contribution in [0, 0.1) is 13.8 Å². The zero-order valence-electron chi connectivity index (χ0n) is 10.6. The normalized spacial score (nSPS) is 11.3. The van der Waals surface area contributed by atoms with Crippen LogP contribution < -0.4 is 0 Å². The molecule has 0 amide bonds. The lowest BCUT2D eigenvalue weighted by molar-refractivity contribution is 1.02. The molecule has 0 aliphatic carbocycles. The van der Waals surface area contributed by atoms with E-state index in [0.717, 1.165) is 12.8 Å². The Bertz CT molecular complexity index is 370. The topological polar surface area (TPSA) is 0 Å². The molecule has 0 N–H and O–H groups in total. The lowest BCUT2D eigenvalue weighted by atomic mass is 9.90. The smallest absolute Gasteiger partial charge is 0.0193 e. The van der Waals surface area contributed by atoms with E-state index in [1.54, 1.807) is 0 Å². The molecule has 0 fully saturated rings. The van der Waals surface area contributed by atoms with E-state index >= 15 is 0 Å². The highest BCUT2D eigenvalue weighted by Crippen LogP contribution is 2.25. The quantitative estimate of drug-likeness (QED) is 0.678. The molecule has 0 saturated carbocycles. The van der Waals surface area contributed by atoms with Gasteiger partial charge in [0, 0.05) is 0 Å². The second-order valence-corrected chi connectivity index (χ2v) is 4.08. The van der Waals surface area contributed by atoms with Gasteiger partial charge in [-0.05, 0) is 61.4 Å². The van der Waals surface area contributed by atoms with Crippen LogP contribution in [0.25, 0.3) is 6.08 Å². The largest absolute Gasteiger partial charge is 0.0870 e. The molecule has 0 aliphatic heterocycles. The van der Waals surface area contributed by atoms with Gasteiger partial charge in [-0.3, -0.25) is 0 Å². The lowest BCUT2D eigenvalue weighted by Gasteiger charge is -2.15. The van der Waals surface area contributed by atoms with Crippen molar-refractivity contribution < 1.29 is 0 Å². The standard InChI is InChI=1S/C15H22/c1-6-9-15-12(5)11(4)10-13(7-2)14(15)8-3/h6,9-10H,7-8H2,1-5H3/b9-6-. The summed E-state index contributed by atoms with van der Waals surface area (Å²) in [5.74, 6) is 0. The fraction of sp³-hybridized carbons (Fsp3) is 0.467. The maximum atomic E-state index is 2.35. The highest BCUT2D eigenvalue weighted by Gasteiger charge is 2.08. The van der Waals surface area contributed by atoms with E-state index in [0.29, 0.717) is 0 Å². The third kappa shape index (κ3) is 2.31. The molecule has 0 spiro atoms. The predicted octanol–water partition coefficient (Wildman–Crippen LogP) is 4.46. The van der Waals surface area contributed by atoms with Crippen LogP contribution in [0.15, 0.2) is 12.1 Å². The lowest BCUT2D eigenvalue weighted by Crippen LogP contribution is -2.00. The van der Waals surface area contributed by atoms with Gasteiger partial charge in [-0.1, -0.05) is 32.1 Å². The van der Waals surface area contributed by atoms with Gasteiger partial charge in [-0.15, -0.1) is 0 Å². The monoisotopic (exact) mass is 202 g/mol. The van der Waals surface area contributed by atoms with Gasteiger partial charge < -0.3 is 0 Å². The van der Waals surface area contributed by atoms with Gasteiger partial charge in [0.2, 0.25) is 0 Å². The van der Waals surface area contributed by atoms with Crippen LogP contribution in [0.3, 0.4) is 0 Å². The van der Waals surface area contributed by atoms with E-state index < -0.39 is 0 Å². The molecule has 1 rings (SSSR count). The number of rotatable bonds is 3. The van der Waals surface area contributed by atoms with Crippen molar-refractivity contribution in [3.63, 3.8) is 0 Å². The fourth-order valence-electron chi connectivity index (χ4n) is 2.19. The number of benzene rings is 1. The predicted molar refractivity (Wildman–Crippen MR) is 69.4 cm³/mol. The van der Waals surface area contributed by atoms with Crippen LogP contribution in [0.2, 0.25) is 0 Å². The number of allylic oxidation sites excluding steroid dienone is 1. The molecule has 15 heavy (non-hydrogen) atoms. The minimum absolute atomic E-state index is 1.13. The summed E-state index contributed by atoms with van der Waals surface area (Å²) < 4.78 is 0. The Kier molecular flexibility index (Phi) is 4.14. The van der Waals surface area contributed by atoms with Gasteiger partial charge in [0.1, 0.15) is 0 Å². The Morgan fingerprint density at radius 3 is 2.27 bits per heavy atom. The first-order chi connectivity index (χ1) is 7.15. The Balaban J connectivity index is 3.49. The van der Waals surface area contributed by atoms with Crippen LogP contribution in [0.4, 0.5) is 0 Å². The average Bonchev–Trinajstić information content (AvgIpc) is 2.24. The Morgan fingerprint density at radius 2 is 1.80 bits per heavy atom. The number of hydrogen-bond donors (Lipinski definition) is 0. The van der Waals surface area contributed by atoms with E-state index in [1.807, 2.05) is 0 Å². The second kappa shape index (κ2) is 5.16. The summed E-state index contributed by atoms with van der Waals surface area (Å²) in [6.07, 6.45) is 6.65. The molecule has 0 heteroatoms. The Hall–Kier alpha value is -1.04. The first-order valence-electron chi connectivity index (χ1n) is 5.90. The van der Waals surface area contributed by atoms with Gasteiger partial charge in [0.15, 0.2) is 0 Å². The molecule has 0 radical (unpaired) electrons. The minimum Gasteiger partial charge on any atom is -0.0870 e. The summed E-state index contributed by atoms with van der Waals surface area (Å²) in [7, 11) is 0. The van der Waals surface area contributed by atoms with Crippen LogP contribution >= 0.6 is 0 Å². The molecule has 0 heterocycles. The first kappa shape index (κ1) is 12.0. The van der Waals surface area contributed by atoms with E-state index in [9.17, 15) is 0 Å². The van der Waals surface area contributed by atoms with Crippen molar-refractivity contribution in [3.8, 4) is 0 Å². The summed E-state index contributed by atoms with van der Waals surface area (Å²) in [6.45, 7) is 11.0. The van der Waals surface area contributed by atoms with Crippen molar-refractivity contribution >= 4 is 6.08 Å². The van der Waals surface area contributed by atoms with Crippen molar-refractivity contribution in [3.05, 3.63) is 40.0 Å². The van der Waals surface area contributed by atoms with Gasteiger partial charge in [0.05, 0.1) is 0 Å². The zero-order valence-corrected chi connectivity index (χ0v) is 10.6. The van der Waals surface area contributed by atoms with Gasteiger partial charge >= 0.3 is 0 Å². The van der Waals surface area contributed by atoms with Crippen molar-refractivity contribution in [2.45, 2.75) is 47.5 Å². The summed E-state index contributed by atoms with van der Waals surface area (Å²) in [6, 6.07) is 2.35. The van der Waals surface area contributed by atoms with Crippen molar-refractivity contribution in [2.75, 3.05) is 0 Å². The third-order valence-electron chi connectivity index (χ3n) is 3.17. The molecule has 82 valence electrons. The number of hydrogen-bond acceptors (Lipinski definition) is 0. The van der Waals surface area contributed by atoms with Crippen LogP contribution in [-0.4, -0.2) is 0 Å². The highest BCUT2D eigenvalue weighted by atomic mass is 14.1. The van der Waals surface area contributed by atoms with Gasteiger partial charge in [-0.2, -0.15) is 0 Å². The summed E-state index contributed by atoms with van der Waals surface area (Å²) in [4.78, 5) is 0. The zero-order chi connectivity index (χ0) is 11.4. The molecule has 0 atom stereocenters. The van der Waals surface area contributed by atoms with E-state index in [-0.39, 0.29) is 0 Å². The maximum absolute atomic E-state index is 2.35. The van der Waals surface area contributed by atoms with Gasteiger partial charge in [-0.25, -0.2) is 0 Å². The summed E-state index contributed by atoms with van der Waals surface area (Å²) >= 11 is 0. The van der Waals surface area contributed by atoms with Crippen LogP contribution in [-0.2, 0) is 12.8 Å². The molecule has 0 bridgehead atoms. The Morgan fingerprint density at radius 1 is 1.13 bits per heavy atom. The average molecular weight is 202 g/mol. The molecule has 0 aliphatic rings. The molecular weight excluding hydrogens is 180 g/mol. The molecule has 0 nitrogen and oxygen atoms in total. The summed E-state index contributed by atoms with van der Waals surface area (Å²) in [5, 5.41) is 0. The van der Waals surface area contributed by atoms with E-state index in [2.05, 4.69) is 52.8 Å². The SMILES string of the molecule is C/C=C\c1c(C)c(C)cc(CC)c1CC. The number of aryl methyl sites for hydroxylation is 2. The van der Waals surface area contributed by atoms with Crippen molar-refractivity contribution in [2.24, 2.45) is 0 Å². The third-order valence-corrected chi connectivity index (χ3v) is 3.17. The molecule has 1 aromatic carbocycles. The Labute approximate surface area is 94.0 Å². The molecule has 1 aromatic rings. The van der Waals surface area contributed by atoms with Crippen LogP contribution in [0.5, 0.6) is 0 Å². The molecular formula is C15H22. The van der Waals surface area contributed by atoms with Gasteiger partial charge in [0.25, 0.3) is 0 Å². The van der Waals surface area contributed by atoms with Crippen molar-refractivity contribution in [1.29, 1.82) is 0 Å². The first-order valence-corrected chi connectivity index (χ1v) is 5.90. The molecule has 0 unspecified atom stereocenters. The highest BCUT2D eigenvalue weighted by molar-refractivity contribution is 5.61. The fourth-order valence-corrected chi connectivity index (χ4v) is 2.19. The van der Waals surface area contributed by atoms with Crippen LogP contribution in [0.1, 0.15) is 48.6 Å². The van der Waals surface area contributed by atoms with E-state index in [1.165, 1.54) is 27.8 Å². The maximum Gasteiger partial charge on any atom is -0.0193 e. The van der Waals surface area contributed by atoms with E-state index in [4.69, 9.17) is 0 Å². The molecule has 0 saturated heterocycles. The minimum atomic E-state index is 1.13. The molecule has 0 aromatic heterocycles. The summed E-state index contributed by atoms with van der Waals surface area (Å²) in [5.41, 5.74) is 7.32.